The Kier molecular flexibility index (Phi) is 6.50. The number of anilines is 1. The normalized spacial score (nSPS) is 12.8. The van der Waals surface area contributed by atoms with Crippen LogP contribution >= 0.6 is 0 Å². The predicted molar refractivity (Wildman–Crippen MR) is 108 cm³/mol. The number of benzene rings is 1. The third kappa shape index (κ3) is 4.94. The van der Waals surface area contributed by atoms with Crippen molar-refractivity contribution >= 4 is 28.4 Å². The number of ether oxygens (including phenoxy) is 1. The van der Waals surface area contributed by atoms with Crippen molar-refractivity contribution in [1.82, 2.24) is 14.8 Å². The summed E-state index contributed by atoms with van der Waals surface area (Å²) in [5.41, 5.74) is 1.16. The molecule has 150 valence electrons. The average Bonchev–Trinajstić information content (AvgIpc) is 3.17. The lowest BCUT2D eigenvalue weighted by molar-refractivity contribution is -0.113. The highest BCUT2D eigenvalue weighted by molar-refractivity contribution is 7.85. The summed E-state index contributed by atoms with van der Waals surface area (Å²) in [5.74, 6) is -1.49. The lowest BCUT2D eigenvalue weighted by Gasteiger charge is -2.12. The number of pyridine rings is 1. The van der Waals surface area contributed by atoms with Crippen molar-refractivity contribution in [2.45, 2.75) is 18.0 Å². The molecule has 1 aromatic carbocycles. The number of nitrogens with one attached hydrogen (secondary N) is 1. The van der Waals surface area contributed by atoms with E-state index in [0.29, 0.717) is 5.03 Å². The van der Waals surface area contributed by atoms with Gasteiger partial charge in [-0.25, -0.2) is 9.78 Å². The smallest absolute Gasteiger partial charge is 0.360 e. The van der Waals surface area contributed by atoms with E-state index in [0.717, 1.165) is 5.56 Å². The molecular weight excluding hydrogens is 392 g/mol. The summed E-state index contributed by atoms with van der Waals surface area (Å²) in [6, 6.07) is 14.4. The summed E-state index contributed by atoms with van der Waals surface area (Å²) in [5, 5.41) is 7.21. The van der Waals surface area contributed by atoms with Gasteiger partial charge in [-0.1, -0.05) is 36.4 Å². The van der Waals surface area contributed by atoms with Gasteiger partial charge in [0.05, 0.1) is 35.8 Å². The molecule has 0 spiro atoms. The van der Waals surface area contributed by atoms with Gasteiger partial charge in [-0.3, -0.25) is 13.7 Å². The van der Waals surface area contributed by atoms with Crippen molar-refractivity contribution in [2.24, 2.45) is 0 Å². The average molecular weight is 412 g/mol. The SMILES string of the molecule is COC(=O)c1nn(C(C)c2ccccc2)cc1NC(=O)CS(=O)c1ccccn1. The number of carbonyl (C=O) groups is 2. The van der Waals surface area contributed by atoms with Crippen LogP contribution in [0.25, 0.3) is 0 Å². The fraction of sp³-hybridized carbons (Fsp3) is 0.200. The van der Waals surface area contributed by atoms with E-state index in [1.54, 1.807) is 29.1 Å². The van der Waals surface area contributed by atoms with Crippen LogP contribution < -0.4 is 5.32 Å². The van der Waals surface area contributed by atoms with Crippen LogP contribution in [-0.2, 0) is 20.3 Å². The molecular formula is C20H20N4O4S. The second kappa shape index (κ2) is 9.24. The zero-order valence-corrected chi connectivity index (χ0v) is 16.8. The van der Waals surface area contributed by atoms with Gasteiger partial charge in [-0.2, -0.15) is 5.10 Å². The standard InChI is InChI=1S/C20H20N4O4S/c1-14(15-8-4-3-5-9-15)24-12-16(19(23-24)20(26)28-2)22-17(25)13-29(27)18-10-6-7-11-21-18/h3-12,14H,13H2,1-2H3,(H,22,25). The molecule has 3 rings (SSSR count). The molecule has 3 aromatic rings. The van der Waals surface area contributed by atoms with E-state index in [1.165, 1.54) is 13.3 Å². The first-order valence-electron chi connectivity index (χ1n) is 8.81. The molecule has 2 heterocycles. The summed E-state index contributed by atoms with van der Waals surface area (Å²) >= 11 is 0. The van der Waals surface area contributed by atoms with Gasteiger partial charge in [-0.15, -0.1) is 0 Å². The minimum atomic E-state index is -1.60. The molecule has 1 amide bonds. The van der Waals surface area contributed by atoms with E-state index in [1.807, 2.05) is 37.3 Å². The molecule has 0 bridgehead atoms. The van der Waals surface area contributed by atoms with Gasteiger partial charge in [-0.05, 0) is 24.6 Å². The van der Waals surface area contributed by atoms with Gasteiger partial charge >= 0.3 is 5.97 Å². The van der Waals surface area contributed by atoms with E-state index < -0.39 is 22.7 Å². The van der Waals surface area contributed by atoms with Crippen LogP contribution in [0.5, 0.6) is 0 Å². The molecule has 1 N–H and O–H groups in total. The second-order valence-electron chi connectivity index (χ2n) is 6.16. The van der Waals surface area contributed by atoms with Crippen molar-refractivity contribution in [3.63, 3.8) is 0 Å². The van der Waals surface area contributed by atoms with E-state index in [4.69, 9.17) is 4.74 Å². The van der Waals surface area contributed by atoms with Gasteiger partial charge in [0, 0.05) is 6.20 Å². The fourth-order valence-corrected chi connectivity index (χ4v) is 3.54. The topological polar surface area (TPSA) is 103 Å². The Morgan fingerprint density at radius 2 is 1.90 bits per heavy atom. The Balaban J connectivity index is 1.80. The van der Waals surface area contributed by atoms with Crippen molar-refractivity contribution < 1.29 is 18.5 Å². The zero-order chi connectivity index (χ0) is 20.8. The number of hydrogen-bond donors (Lipinski definition) is 1. The molecule has 0 aliphatic heterocycles. The molecule has 0 radical (unpaired) electrons. The maximum Gasteiger partial charge on any atom is 0.360 e. The third-order valence-electron chi connectivity index (χ3n) is 4.20. The highest BCUT2D eigenvalue weighted by Gasteiger charge is 2.22. The van der Waals surface area contributed by atoms with E-state index in [2.05, 4.69) is 15.4 Å². The molecule has 2 unspecified atom stereocenters. The lowest BCUT2D eigenvalue weighted by atomic mass is 10.1. The molecule has 8 nitrogen and oxygen atoms in total. The summed E-state index contributed by atoms with van der Waals surface area (Å²) in [4.78, 5) is 28.5. The quantitative estimate of drug-likeness (QED) is 0.598. The molecule has 0 saturated carbocycles. The minimum Gasteiger partial charge on any atom is -0.464 e. The number of rotatable bonds is 7. The van der Waals surface area contributed by atoms with E-state index >= 15 is 0 Å². The van der Waals surface area contributed by atoms with Gasteiger partial charge < -0.3 is 10.1 Å². The first-order chi connectivity index (χ1) is 14.0. The van der Waals surface area contributed by atoms with Crippen LogP contribution in [0.4, 0.5) is 5.69 Å². The summed E-state index contributed by atoms with van der Waals surface area (Å²) in [7, 11) is -0.365. The van der Waals surface area contributed by atoms with Crippen molar-refractivity contribution in [1.29, 1.82) is 0 Å². The van der Waals surface area contributed by atoms with Crippen LogP contribution in [-0.4, -0.2) is 43.7 Å². The number of methoxy groups -OCH3 is 1. The van der Waals surface area contributed by atoms with E-state index in [-0.39, 0.29) is 23.2 Å². The Labute approximate surface area is 170 Å². The van der Waals surface area contributed by atoms with Crippen LogP contribution in [0.2, 0.25) is 0 Å². The molecule has 2 atom stereocenters. The number of hydrogen-bond acceptors (Lipinski definition) is 6. The molecule has 0 aliphatic carbocycles. The number of carbonyl (C=O) groups excluding carboxylic acids is 2. The molecule has 0 aliphatic rings. The summed E-state index contributed by atoms with van der Waals surface area (Å²) in [6.45, 7) is 1.92. The number of nitrogens with zero attached hydrogens (tertiary/aromatic N) is 3. The Bertz CT molecular complexity index is 1020. The highest BCUT2D eigenvalue weighted by Crippen LogP contribution is 2.22. The highest BCUT2D eigenvalue weighted by atomic mass is 32.2. The summed E-state index contributed by atoms with van der Waals surface area (Å²) in [6.07, 6.45) is 3.07. The Morgan fingerprint density at radius 1 is 1.17 bits per heavy atom. The molecule has 0 fully saturated rings. The fourth-order valence-electron chi connectivity index (χ4n) is 2.67. The van der Waals surface area contributed by atoms with Gasteiger partial charge in [0.25, 0.3) is 0 Å². The first kappa shape index (κ1) is 20.4. The Hall–Kier alpha value is -3.33. The van der Waals surface area contributed by atoms with E-state index in [9.17, 15) is 13.8 Å². The zero-order valence-electron chi connectivity index (χ0n) is 15.9. The second-order valence-corrected chi connectivity index (χ2v) is 7.55. The Morgan fingerprint density at radius 3 is 2.55 bits per heavy atom. The number of esters is 1. The van der Waals surface area contributed by atoms with Crippen LogP contribution in [0.3, 0.4) is 0 Å². The minimum absolute atomic E-state index is 0.0211. The first-order valence-corrected chi connectivity index (χ1v) is 10.1. The maximum absolute atomic E-state index is 12.4. The van der Waals surface area contributed by atoms with Gasteiger partial charge in [0.15, 0.2) is 5.69 Å². The monoisotopic (exact) mass is 412 g/mol. The predicted octanol–water partition coefficient (Wildman–Crippen LogP) is 2.42. The van der Waals surface area contributed by atoms with Crippen molar-refractivity contribution in [3.8, 4) is 0 Å². The lowest BCUT2D eigenvalue weighted by Crippen LogP contribution is -2.21. The number of aromatic nitrogens is 3. The third-order valence-corrected chi connectivity index (χ3v) is 5.43. The van der Waals surface area contributed by atoms with Crippen molar-refractivity contribution in [3.05, 3.63) is 72.2 Å². The molecule has 9 heteroatoms. The van der Waals surface area contributed by atoms with Crippen LogP contribution in [0, 0.1) is 0 Å². The maximum atomic E-state index is 12.4. The molecule has 2 aromatic heterocycles. The van der Waals surface area contributed by atoms with Gasteiger partial charge in [0.2, 0.25) is 5.91 Å². The largest absolute Gasteiger partial charge is 0.464 e. The van der Waals surface area contributed by atoms with Crippen LogP contribution in [0.1, 0.15) is 29.0 Å². The van der Waals surface area contributed by atoms with Crippen molar-refractivity contribution in [2.75, 3.05) is 18.2 Å². The molecule has 0 saturated heterocycles. The van der Waals surface area contributed by atoms with Crippen LogP contribution in [0.15, 0.2) is 66.0 Å². The van der Waals surface area contributed by atoms with Gasteiger partial charge in [0.1, 0.15) is 10.8 Å². The molecule has 29 heavy (non-hydrogen) atoms. The summed E-state index contributed by atoms with van der Waals surface area (Å²) < 4.78 is 18.6. The number of amides is 1.